The first kappa shape index (κ1) is 14.0. The van der Waals surface area contributed by atoms with Crippen LogP contribution < -0.4 is 0 Å². The summed E-state index contributed by atoms with van der Waals surface area (Å²) >= 11 is 0. The minimum atomic E-state index is -4.54. The van der Waals surface area contributed by atoms with Gasteiger partial charge in [-0.3, -0.25) is 0 Å². The third kappa shape index (κ3) is 4.01. The third-order valence-corrected chi connectivity index (χ3v) is 2.33. The Balaban J connectivity index is 0.00000169. The van der Waals surface area contributed by atoms with Crippen LogP contribution in [0.1, 0.15) is 13.8 Å². The second-order valence-corrected chi connectivity index (χ2v) is 3.32. The van der Waals surface area contributed by atoms with E-state index in [4.69, 9.17) is 0 Å². The van der Waals surface area contributed by atoms with Crippen LogP contribution in [-0.2, 0) is 24.2 Å². The molecule has 0 aromatic rings. The Morgan fingerprint density at radius 2 is 1.86 bits per heavy atom. The van der Waals surface area contributed by atoms with Gasteiger partial charge in [-0.05, 0) is 5.92 Å². The number of alkyl halides is 3. The Bertz CT molecular complexity index is 203. The summed E-state index contributed by atoms with van der Waals surface area (Å²) in [5, 5.41) is 0. The number of halogens is 3. The van der Waals surface area contributed by atoms with Crippen LogP contribution in [0.2, 0.25) is 0 Å². The van der Waals surface area contributed by atoms with Gasteiger partial charge in [0.1, 0.15) is 0 Å². The molecule has 5 heteroatoms. The molecule has 0 spiro atoms. The van der Waals surface area contributed by atoms with E-state index in [-0.39, 0.29) is 31.3 Å². The van der Waals surface area contributed by atoms with Gasteiger partial charge in [0.25, 0.3) is 0 Å². The van der Waals surface area contributed by atoms with Gasteiger partial charge in [0, 0.05) is 6.10 Å². The molecule has 0 amide bonds. The second kappa shape index (κ2) is 5.17. The first-order valence-electron chi connectivity index (χ1n) is 4.16. The van der Waals surface area contributed by atoms with Crippen LogP contribution in [0.15, 0.2) is 12.2 Å². The topological polar surface area (TPSA) is 9.23 Å². The first-order valence-corrected chi connectivity index (χ1v) is 4.16. The summed E-state index contributed by atoms with van der Waals surface area (Å²) in [6, 6.07) is 0. The predicted octanol–water partition coefficient (Wildman–Crippen LogP) is 2.94. The van der Waals surface area contributed by atoms with Crippen LogP contribution in [0.5, 0.6) is 0 Å². The van der Waals surface area contributed by atoms with Gasteiger partial charge in [0.15, 0.2) is 0 Å². The van der Waals surface area contributed by atoms with Gasteiger partial charge in [0.05, 0.1) is 0 Å². The van der Waals surface area contributed by atoms with Crippen LogP contribution in [0.25, 0.3) is 0 Å². The smallest absolute Gasteiger partial charge is 0.303 e. The van der Waals surface area contributed by atoms with Gasteiger partial charge in [-0.15, -0.1) is 13.2 Å². The second-order valence-electron chi connectivity index (χ2n) is 3.32. The predicted molar refractivity (Wildman–Crippen MR) is 42.7 cm³/mol. The Morgan fingerprint density at radius 3 is 2.36 bits per heavy atom. The maximum absolute atomic E-state index is 11.9. The number of hydrogen-bond donors (Lipinski definition) is 0. The monoisotopic (exact) mass is 295 g/mol. The fourth-order valence-corrected chi connectivity index (χ4v) is 1.30. The Morgan fingerprint density at radius 1 is 1.29 bits per heavy atom. The molecule has 1 aliphatic rings. The van der Waals surface area contributed by atoms with E-state index in [1.807, 2.05) is 13.3 Å². The van der Waals surface area contributed by atoms with Crippen molar-refractivity contribution in [1.82, 2.24) is 0 Å². The fraction of sp³-hybridized carbons (Fsp3) is 0.667. The maximum atomic E-state index is 11.9. The minimum absolute atomic E-state index is 0. The van der Waals surface area contributed by atoms with Crippen molar-refractivity contribution in [3.63, 3.8) is 0 Å². The van der Waals surface area contributed by atoms with Crippen molar-refractivity contribution in [2.45, 2.75) is 26.3 Å². The summed E-state index contributed by atoms with van der Waals surface area (Å²) in [4.78, 5) is 0. The zero-order chi connectivity index (χ0) is 10.1. The average Bonchev–Trinajstić information content (AvgIpc) is 1.96. The molecule has 0 aromatic carbocycles. The standard InChI is InChI=1S/C9H12F3O.Ru/c1-6-4-3-5-8(7(6)2)13-9(10,11)12;/h3-8H,1-2H3;/q-1;+1. The summed E-state index contributed by atoms with van der Waals surface area (Å²) in [7, 11) is 0. The number of hydrogen-bond acceptors (Lipinski definition) is 1. The fourth-order valence-electron chi connectivity index (χ4n) is 1.30. The van der Waals surface area contributed by atoms with Crippen molar-refractivity contribution in [3.05, 3.63) is 18.6 Å². The molecule has 0 N–H and O–H groups in total. The summed E-state index contributed by atoms with van der Waals surface area (Å²) < 4.78 is 39.6. The SMILES string of the molecule is CC1[CH-]C=CC(OC(F)(F)F)C1C.[Ru+]. The van der Waals surface area contributed by atoms with Crippen molar-refractivity contribution in [3.8, 4) is 0 Å². The zero-order valence-electron chi connectivity index (χ0n) is 7.86. The molecular weight excluding hydrogens is 282 g/mol. The molecule has 0 aliphatic heterocycles. The Labute approximate surface area is 94.5 Å². The molecule has 1 nitrogen and oxygen atoms in total. The molecule has 1 rings (SSSR count). The molecule has 3 atom stereocenters. The molecule has 0 saturated carbocycles. The third-order valence-electron chi connectivity index (χ3n) is 2.33. The van der Waals surface area contributed by atoms with E-state index in [0.717, 1.165) is 0 Å². The van der Waals surface area contributed by atoms with Crippen LogP contribution in [-0.4, -0.2) is 12.5 Å². The Hall–Kier alpha value is -0.0166. The Kier molecular flexibility index (Phi) is 5.17. The van der Waals surface area contributed by atoms with E-state index in [1.54, 1.807) is 13.0 Å². The summed E-state index contributed by atoms with van der Waals surface area (Å²) in [5.41, 5.74) is 0. The van der Waals surface area contributed by atoms with Crippen LogP contribution in [0.3, 0.4) is 0 Å². The summed E-state index contributed by atoms with van der Waals surface area (Å²) in [5.74, 6) is -0.0102. The molecular formula is C9H12F3ORu. The molecule has 0 aromatic heterocycles. The van der Waals surface area contributed by atoms with Crippen molar-refractivity contribution in [2.75, 3.05) is 0 Å². The van der Waals surface area contributed by atoms with E-state index < -0.39 is 12.5 Å². The van der Waals surface area contributed by atoms with Gasteiger partial charge in [-0.1, -0.05) is 19.8 Å². The van der Waals surface area contributed by atoms with E-state index in [1.165, 1.54) is 6.08 Å². The van der Waals surface area contributed by atoms with E-state index in [2.05, 4.69) is 4.74 Å². The van der Waals surface area contributed by atoms with Gasteiger partial charge >= 0.3 is 25.8 Å². The number of rotatable bonds is 1. The summed E-state index contributed by atoms with van der Waals surface area (Å²) in [6.07, 6.45) is -0.444. The molecule has 0 heterocycles. The number of allylic oxidation sites excluding steroid dienone is 1. The van der Waals surface area contributed by atoms with E-state index >= 15 is 0 Å². The molecule has 3 unspecified atom stereocenters. The van der Waals surface area contributed by atoms with Gasteiger partial charge in [-0.25, -0.2) is 18.6 Å². The molecule has 14 heavy (non-hydrogen) atoms. The van der Waals surface area contributed by atoms with Crippen LogP contribution in [0.4, 0.5) is 13.2 Å². The normalized spacial score (nSPS) is 31.9. The van der Waals surface area contributed by atoms with Gasteiger partial charge in [-0.2, -0.15) is 0 Å². The molecule has 83 valence electrons. The first-order chi connectivity index (χ1) is 5.90. The van der Waals surface area contributed by atoms with Crippen molar-refractivity contribution in [2.24, 2.45) is 11.8 Å². The molecule has 1 aliphatic carbocycles. The minimum Gasteiger partial charge on any atom is -0.303 e. The van der Waals surface area contributed by atoms with Gasteiger partial charge in [0.2, 0.25) is 0 Å². The average molecular weight is 294 g/mol. The van der Waals surface area contributed by atoms with Crippen molar-refractivity contribution < 1.29 is 37.4 Å². The van der Waals surface area contributed by atoms with Gasteiger partial charge < -0.3 is 4.74 Å². The van der Waals surface area contributed by atoms with Crippen molar-refractivity contribution >= 4 is 0 Å². The van der Waals surface area contributed by atoms with E-state index in [9.17, 15) is 13.2 Å². The number of ether oxygens (including phenoxy) is 1. The van der Waals surface area contributed by atoms with Crippen molar-refractivity contribution in [1.29, 1.82) is 0 Å². The quantitative estimate of drug-likeness (QED) is 0.534. The van der Waals surface area contributed by atoms with Crippen LogP contribution in [0, 0.1) is 18.3 Å². The molecule has 1 radical (unpaired) electrons. The molecule has 0 saturated heterocycles. The molecule has 0 fully saturated rings. The zero-order valence-corrected chi connectivity index (χ0v) is 9.60. The largest absolute Gasteiger partial charge is 1.00 e. The summed E-state index contributed by atoms with van der Waals surface area (Å²) in [6.45, 7) is 3.63. The van der Waals surface area contributed by atoms with E-state index in [0.29, 0.717) is 0 Å². The molecule has 0 bridgehead atoms. The van der Waals surface area contributed by atoms with Crippen LogP contribution >= 0.6 is 0 Å². The maximum Gasteiger partial charge on any atom is 1.00 e.